The molecule has 0 radical (unpaired) electrons. The molecular formula is C17H21N5O2. The van der Waals surface area contributed by atoms with Gasteiger partial charge in [-0.05, 0) is 38.7 Å². The monoisotopic (exact) mass is 327 g/mol. The fourth-order valence-corrected chi connectivity index (χ4v) is 3.69. The zero-order valence-corrected chi connectivity index (χ0v) is 14.0. The minimum absolute atomic E-state index is 0.0178. The first-order chi connectivity index (χ1) is 11.5. The molecule has 126 valence electrons. The first-order valence-electron chi connectivity index (χ1n) is 8.43. The fourth-order valence-electron chi connectivity index (χ4n) is 3.69. The summed E-state index contributed by atoms with van der Waals surface area (Å²) in [6.45, 7) is 5.60. The van der Waals surface area contributed by atoms with E-state index in [4.69, 9.17) is 0 Å². The van der Waals surface area contributed by atoms with E-state index in [9.17, 15) is 9.59 Å². The van der Waals surface area contributed by atoms with E-state index < -0.39 is 0 Å². The summed E-state index contributed by atoms with van der Waals surface area (Å²) in [6, 6.07) is 1.73. The van der Waals surface area contributed by atoms with Crippen molar-refractivity contribution in [2.75, 3.05) is 13.1 Å². The van der Waals surface area contributed by atoms with Crippen LogP contribution in [-0.4, -0.2) is 43.9 Å². The second-order valence-electron chi connectivity index (χ2n) is 6.88. The molecule has 2 aromatic heterocycles. The summed E-state index contributed by atoms with van der Waals surface area (Å²) in [5, 5.41) is 11.4. The molecule has 1 saturated heterocycles. The molecule has 0 atom stereocenters. The van der Waals surface area contributed by atoms with Gasteiger partial charge in [0, 0.05) is 30.8 Å². The summed E-state index contributed by atoms with van der Waals surface area (Å²) in [6.07, 6.45) is 3.01. The van der Waals surface area contributed by atoms with Crippen molar-refractivity contribution in [3.8, 4) is 0 Å². The number of rotatable bonds is 3. The topological polar surface area (TPSA) is 83.9 Å². The predicted octanol–water partition coefficient (Wildman–Crippen LogP) is 0.844. The molecule has 0 unspecified atom stereocenters. The molecule has 0 bridgehead atoms. The number of hydrogen-bond acceptors (Lipinski definition) is 4. The van der Waals surface area contributed by atoms with Crippen LogP contribution in [0.1, 0.15) is 39.4 Å². The van der Waals surface area contributed by atoms with Gasteiger partial charge in [0.1, 0.15) is 0 Å². The van der Waals surface area contributed by atoms with Gasteiger partial charge >= 0.3 is 0 Å². The van der Waals surface area contributed by atoms with Gasteiger partial charge in [-0.1, -0.05) is 0 Å². The van der Waals surface area contributed by atoms with Crippen LogP contribution < -0.4 is 5.56 Å². The van der Waals surface area contributed by atoms with Gasteiger partial charge in [0.2, 0.25) is 0 Å². The fraction of sp³-hybridized carbons (Fsp3) is 0.529. The second kappa shape index (κ2) is 5.58. The van der Waals surface area contributed by atoms with Crippen LogP contribution in [0.25, 0.3) is 0 Å². The Labute approximate surface area is 139 Å². The number of amides is 1. The molecule has 1 fully saturated rings. The molecule has 7 nitrogen and oxygen atoms in total. The first kappa shape index (κ1) is 15.1. The third-order valence-electron chi connectivity index (χ3n) is 5.04. The van der Waals surface area contributed by atoms with Crippen LogP contribution in [0.15, 0.2) is 10.9 Å². The van der Waals surface area contributed by atoms with Gasteiger partial charge in [-0.2, -0.15) is 10.2 Å². The molecule has 1 aliphatic carbocycles. The van der Waals surface area contributed by atoms with Crippen LogP contribution in [0.5, 0.6) is 0 Å². The van der Waals surface area contributed by atoms with Gasteiger partial charge in [0.25, 0.3) is 11.5 Å². The van der Waals surface area contributed by atoms with Crippen molar-refractivity contribution in [3.05, 3.63) is 44.6 Å². The normalized spacial score (nSPS) is 17.0. The van der Waals surface area contributed by atoms with Crippen LogP contribution in [0.3, 0.4) is 0 Å². The van der Waals surface area contributed by atoms with Gasteiger partial charge in [0.15, 0.2) is 0 Å². The molecule has 0 spiro atoms. The highest BCUT2D eigenvalue weighted by atomic mass is 16.2. The molecule has 24 heavy (non-hydrogen) atoms. The number of nitrogens with zero attached hydrogens (tertiary/aromatic N) is 4. The largest absolute Gasteiger partial charge is 0.338 e. The van der Waals surface area contributed by atoms with E-state index in [1.54, 1.807) is 10.7 Å². The van der Waals surface area contributed by atoms with Gasteiger partial charge in [-0.15, -0.1) is 0 Å². The van der Waals surface area contributed by atoms with Crippen molar-refractivity contribution in [2.24, 2.45) is 5.92 Å². The lowest BCUT2D eigenvalue weighted by Crippen LogP contribution is -2.52. The Morgan fingerprint density at radius 2 is 2.12 bits per heavy atom. The smallest absolute Gasteiger partial charge is 0.267 e. The number of carbonyl (C=O) groups is 1. The van der Waals surface area contributed by atoms with E-state index in [1.165, 1.54) is 0 Å². The molecule has 1 amide bonds. The van der Waals surface area contributed by atoms with E-state index in [-0.39, 0.29) is 17.4 Å². The number of aromatic nitrogens is 4. The number of H-pyrrole nitrogens is 1. The number of hydrogen-bond donors (Lipinski definition) is 1. The maximum Gasteiger partial charge on any atom is 0.267 e. The quantitative estimate of drug-likeness (QED) is 0.905. The Balaban J connectivity index is 1.42. The third kappa shape index (κ3) is 2.44. The molecule has 4 rings (SSSR count). The third-order valence-corrected chi connectivity index (χ3v) is 5.04. The van der Waals surface area contributed by atoms with Crippen molar-refractivity contribution in [2.45, 2.75) is 39.7 Å². The lowest BCUT2D eigenvalue weighted by Gasteiger charge is -2.39. The number of aromatic amines is 1. The highest BCUT2D eigenvalue weighted by molar-refractivity contribution is 5.96. The van der Waals surface area contributed by atoms with Crippen molar-refractivity contribution in [3.63, 3.8) is 0 Å². The lowest BCUT2D eigenvalue weighted by atomic mass is 9.98. The summed E-state index contributed by atoms with van der Waals surface area (Å²) in [7, 11) is 0. The summed E-state index contributed by atoms with van der Waals surface area (Å²) in [5.74, 6) is 0.301. The highest BCUT2D eigenvalue weighted by Gasteiger charge is 2.33. The Bertz CT molecular complexity index is 841. The first-order valence-corrected chi connectivity index (χ1v) is 8.43. The molecule has 1 N–H and O–H groups in total. The van der Waals surface area contributed by atoms with Crippen LogP contribution >= 0.6 is 0 Å². The zero-order valence-electron chi connectivity index (χ0n) is 14.0. The SMILES string of the molecule is Cc1n[nH]c(C)c1C(=O)N1CC(Cn2nc3c(cc2=O)CCC3)C1. The van der Waals surface area contributed by atoms with E-state index in [0.717, 1.165) is 41.9 Å². The average molecular weight is 327 g/mol. The summed E-state index contributed by atoms with van der Waals surface area (Å²) in [4.78, 5) is 26.5. The molecule has 0 saturated carbocycles. The van der Waals surface area contributed by atoms with Crippen molar-refractivity contribution in [1.82, 2.24) is 24.9 Å². The maximum atomic E-state index is 12.5. The number of aryl methyl sites for hydroxylation is 4. The summed E-state index contributed by atoms with van der Waals surface area (Å²) < 4.78 is 1.57. The number of likely N-dealkylation sites (tertiary alicyclic amines) is 1. The Morgan fingerprint density at radius 1 is 1.33 bits per heavy atom. The maximum absolute atomic E-state index is 12.5. The Hall–Kier alpha value is -2.44. The molecular weight excluding hydrogens is 306 g/mol. The number of fused-ring (bicyclic) bond motifs is 1. The summed E-state index contributed by atoms with van der Waals surface area (Å²) >= 11 is 0. The zero-order chi connectivity index (χ0) is 16.8. The minimum atomic E-state index is -0.0260. The molecule has 7 heteroatoms. The van der Waals surface area contributed by atoms with E-state index in [2.05, 4.69) is 15.3 Å². The molecule has 3 heterocycles. The second-order valence-corrected chi connectivity index (χ2v) is 6.88. The van der Waals surface area contributed by atoms with Gasteiger partial charge in [-0.3, -0.25) is 14.7 Å². The molecule has 1 aliphatic heterocycles. The van der Waals surface area contributed by atoms with Crippen molar-refractivity contribution in [1.29, 1.82) is 0 Å². The molecule has 0 aromatic carbocycles. The van der Waals surface area contributed by atoms with Crippen LogP contribution in [-0.2, 0) is 19.4 Å². The van der Waals surface area contributed by atoms with Crippen molar-refractivity contribution < 1.29 is 4.79 Å². The molecule has 2 aliphatic rings. The molecule has 2 aromatic rings. The van der Waals surface area contributed by atoms with Crippen LogP contribution in [0, 0.1) is 19.8 Å². The Morgan fingerprint density at radius 3 is 2.83 bits per heavy atom. The van der Waals surface area contributed by atoms with Gasteiger partial charge in [0.05, 0.1) is 23.5 Å². The average Bonchev–Trinajstić information content (AvgIpc) is 3.08. The Kier molecular flexibility index (Phi) is 3.51. The van der Waals surface area contributed by atoms with Crippen LogP contribution in [0.4, 0.5) is 0 Å². The van der Waals surface area contributed by atoms with Crippen molar-refractivity contribution >= 4 is 5.91 Å². The number of nitrogens with one attached hydrogen (secondary N) is 1. The summed E-state index contributed by atoms with van der Waals surface area (Å²) in [5.41, 5.74) is 4.34. The van der Waals surface area contributed by atoms with Gasteiger partial charge < -0.3 is 4.90 Å². The highest BCUT2D eigenvalue weighted by Crippen LogP contribution is 2.23. The van der Waals surface area contributed by atoms with E-state index in [0.29, 0.717) is 25.2 Å². The minimum Gasteiger partial charge on any atom is -0.338 e. The predicted molar refractivity (Wildman–Crippen MR) is 88.0 cm³/mol. The van der Waals surface area contributed by atoms with Gasteiger partial charge in [-0.25, -0.2) is 4.68 Å². The van der Waals surface area contributed by atoms with E-state index in [1.807, 2.05) is 18.7 Å². The van der Waals surface area contributed by atoms with Crippen LogP contribution in [0.2, 0.25) is 0 Å². The van der Waals surface area contributed by atoms with E-state index >= 15 is 0 Å². The number of carbonyl (C=O) groups excluding carboxylic acids is 1. The lowest BCUT2D eigenvalue weighted by molar-refractivity contribution is 0.0456. The standard InChI is InChI=1S/C17H21N5O2/c1-10-16(11(2)19-18-10)17(24)21-7-12(8-21)9-22-15(23)6-13-4-3-5-14(13)20-22/h6,12H,3-5,7-9H2,1-2H3,(H,18,19).